The van der Waals surface area contributed by atoms with E-state index < -0.39 is 0 Å². The molecule has 33 heavy (non-hydrogen) atoms. The molecule has 6 nitrogen and oxygen atoms in total. The van der Waals surface area contributed by atoms with E-state index in [1.165, 1.54) is 5.56 Å². The van der Waals surface area contributed by atoms with Gasteiger partial charge >= 0.3 is 0 Å². The lowest BCUT2D eigenvalue weighted by Crippen LogP contribution is -2.28. The minimum atomic E-state index is 0.184. The van der Waals surface area contributed by atoms with Gasteiger partial charge < -0.3 is 14.5 Å². The maximum atomic E-state index is 12.9. The first-order valence-corrected chi connectivity index (χ1v) is 11.5. The second-order valence-electron chi connectivity index (χ2n) is 8.88. The molecule has 1 saturated heterocycles. The summed E-state index contributed by atoms with van der Waals surface area (Å²) in [5.41, 5.74) is 5.29. The highest BCUT2D eigenvalue weighted by molar-refractivity contribution is 5.77. The molecule has 0 N–H and O–H groups in total. The third kappa shape index (κ3) is 5.33. The van der Waals surface area contributed by atoms with Crippen LogP contribution in [-0.2, 0) is 11.2 Å². The fourth-order valence-corrected chi connectivity index (χ4v) is 4.27. The van der Waals surface area contributed by atoms with Crippen molar-refractivity contribution in [1.29, 1.82) is 0 Å². The van der Waals surface area contributed by atoms with E-state index in [2.05, 4.69) is 37.3 Å². The largest absolute Gasteiger partial charge is 0.496 e. The predicted molar refractivity (Wildman–Crippen MR) is 132 cm³/mol. The van der Waals surface area contributed by atoms with Crippen LogP contribution in [0.3, 0.4) is 0 Å². The van der Waals surface area contributed by atoms with Crippen molar-refractivity contribution in [3.8, 4) is 17.0 Å². The molecule has 0 radical (unpaired) electrons. The lowest BCUT2D eigenvalue weighted by molar-refractivity contribution is -0.130. The first-order valence-electron chi connectivity index (χ1n) is 11.5. The van der Waals surface area contributed by atoms with Gasteiger partial charge in [-0.15, -0.1) is 0 Å². The van der Waals surface area contributed by atoms with Gasteiger partial charge in [0.05, 0.1) is 18.5 Å². The molecule has 1 aromatic heterocycles. The van der Waals surface area contributed by atoms with Gasteiger partial charge in [-0.3, -0.25) is 4.79 Å². The first kappa shape index (κ1) is 22.8. The van der Waals surface area contributed by atoms with Crippen LogP contribution in [0.5, 0.6) is 5.75 Å². The second-order valence-corrected chi connectivity index (χ2v) is 8.88. The Labute approximate surface area is 196 Å². The topological polar surface area (TPSA) is 58.6 Å². The maximum absolute atomic E-state index is 12.9. The highest BCUT2D eigenvalue weighted by Gasteiger charge is 2.29. The molecule has 2 aromatic carbocycles. The van der Waals surface area contributed by atoms with Gasteiger partial charge in [0.15, 0.2) is 0 Å². The summed E-state index contributed by atoms with van der Waals surface area (Å²) in [7, 11) is 5.58. The summed E-state index contributed by atoms with van der Waals surface area (Å²) < 4.78 is 5.42. The molecule has 1 aliphatic heterocycles. The molecule has 4 rings (SSSR count). The number of methoxy groups -OCH3 is 1. The normalized spacial score (nSPS) is 15.5. The maximum Gasteiger partial charge on any atom is 0.225 e. The number of likely N-dealkylation sites (tertiary alicyclic amines) is 1. The number of anilines is 1. The van der Waals surface area contributed by atoms with Crippen molar-refractivity contribution in [1.82, 2.24) is 14.9 Å². The average Bonchev–Trinajstić information content (AvgIpc) is 3.33. The molecule has 1 aliphatic rings. The van der Waals surface area contributed by atoms with E-state index in [-0.39, 0.29) is 11.8 Å². The molecule has 1 fully saturated rings. The standard InChI is InChI=1S/C27H32N4O2/c1-19-9-11-20(12-10-19)23-17-24(29-27(28-23)30(2)3)22-15-16-31(18-22)26(32)14-13-21-7-5-6-8-25(21)33-4/h5-12,17,22H,13-16,18H2,1-4H3/t22-/m1/s1. The number of carbonyl (C=O) groups is 1. The summed E-state index contributed by atoms with van der Waals surface area (Å²) in [5, 5.41) is 0. The van der Waals surface area contributed by atoms with Crippen LogP contribution >= 0.6 is 0 Å². The fourth-order valence-electron chi connectivity index (χ4n) is 4.27. The van der Waals surface area contributed by atoms with Gasteiger partial charge in [-0.25, -0.2) is 9.97 Å². The molecular formula is C27H32N4O2. The highest BCUT2D eigenvalue weighted by atomic mass is 16.5. The van der Waals surface area contributed by atoms with Crippen LogP contribution in [0.4, 0.5) is 5.95 Å². The SMILES string of the molecule is COc1ccccc1CCC(=O)N1CC[C@@H](c2cc(-c3ccc(C)cc3)nc(N(C)C)n2)C1. The summed E-state index contributed by atoms with van der Waals surface area (Å²) >= 11 is 0. The third-order valence-electron chi connectivity index (χ3n) is 6.24. The van der Waals surface area contributed by atoms with Gasteiger partial charge in [0.2, 0.25) is 11.9 Å². The van der Waals surface area contributed by atoms with Crippen LogP contribution in [0.2, 0.25) is 0 Å². The number of aryl methyl sites for hydroxylation is 2. The van der Waals surface area contributed by atoms with Crippen molar-refractivity contribution < 1.29 is 9.53 Å². The molecule has 0 aliphatic carbocycles. The van der Waals surface area contributed by atoms with Crippen molar-refractivity contribution in [2.24, 2.45) is 0 Å². The Morgan fingerprint density at radius 3 is 2.61 bits per heavy atom. The zero-order valence-electron chi connectivity index (χ0n) is 19.9. The number of ether oxygens (including phenoxy) is 1. The number of nitrogens with zero attached hydrogens (tertiary/aromatic N) is 4. The number of hydrogen-bond donors (Lipinski definition) is 0. The van der Waals surface area contributed by atoms with E-state index >= 15 is 0 Å². The van der Waals surface area contributed by atoms with E-state index in [9.17, 15) is 4.79 Å². The zero-order chi connectivity index (χ0) is 23.4. The smallest absolute Gasteiger partial charge is 0.225 e. The number of amides is 1. The van der Waals surface area contributed by atoms with Gasteiger partial charge in [-0.1, -0.05) is 48.0 Å². The summed E-state index contributed by atoms with van der Waals surface area (Å²) in [4.78, 5) is 26.4. The van der Waals surface area contributed by atoms with Crippen molar-refractivity contribution in [2.45, 2.75) is 32.1 Å². The lowest BCUT2D eigenvalue weighted by atomic mass is 10.0. The molecule has 1 amide bonds. The molecule has 3 aromatic rings. The monoisotopic (exact) mass is 444 g/mol. The van der Waals surface area contributed by atoms with E-state index in [1.807, 2.05) is 48.2 Å². The second kappa shape index (κ2) is 10.0. The zero-order valence-corrected chi connectivity index (χ0v) is 19.9. The molecule has 0 unspecified atom stereocenters. The Hall–Kier alpha value is -3.41. The van der Waals surface area contributed by atoms with Gasteiger partial charge in [-0.05, 0) is 37.5 Å². The van der Waals surface area contributed by atoms with Gasteiger partial charge in [0.1, 0.15) is 5.75 Å². The molecule has 172 valence electrons. The minimum absolute atomic E-state index is 0.184. The molecule has 0 spiro atoms. The number of hydrogen-bond acceptors (Lipinski definition) is 5. The average molecular weight is 445 g/mol. The van der Waals surface area contributed by atoms with Gasteiger partial charge in [0.25, 0.3) is 0 Å². The van der Waals surface area contributed by atoms with Crippen LogP contribution in [0.25, 0.3) is 11.3 Å². The molecular weight excluding hydrogens is 412 g/mol. The Bertz CT molecular complexity index is 1110. The number of carbonyl (C=O) groups excluding carboxylic acids is 1. The fraction of sp³-hybridized carbons (Fsp3) is 0.370. The Morgan fingerprint density at radius 1 is 1.12 bits per heavy atom. The number of para-hydroxylation sites is 1. The van der Waals surface area contributed by atoms with Crippen LogP contribution < -0.4 is 9.64 Å². The molecule has 1 atom stereocenters. The minimum Gasteiger partial charge on any atom is -0.496 e. The van der Waals surface area contributed by atoms with E-state index in [1.54, 1.807) is 7.11 Å². The van der Waals surface area contributed by atoms with Crippen LogP contribution in [0.15, 0.2) is 54.6 Å². The van der Waals surface area contributed by atoms with Crippen LogP contribution in [0, 0.1) is 6.92 Å². The number of benzene rings is 2. The van der Waals surface area contributed by atoms with Crippen LogP contribution in [0.1, 0.15) is 35.6 Å². The van der Waals surface area contributed by atoms with E-state index in [0.717, 1.165) is 41.2 Å². The van der Waals surface area contributed by atoms with Crippen LogP contribution in [-0.4, -0.2) is 55.1 Å². The van der Waals surface area contributed by atoms with Crippen molar-refractivity contribution in [3.05, 3.63) is 71.4 Å². The summed E-state index contributed by atoms with van der Waals surface area (Å²) in [6.45, 7) is 3.54. The lowest BCUT2D eigenvalue weighted by Gasteiger charge is -2.19. The van der Waals surface area contributed by atoms with E-state index in [4.69, 9.17) is 14.7 Å². The number of aromatic nitrogens is 2. The van der Waals surface area contributed by atoms with Crippen molar-refractivity contribution in [3.63, 3.8) is 0 Å². The van der Waals surface area contributed by atoms with Gasteiger partial charge in [-0.2, -0.15) is 0 Å². The molecule has 0 bridgehead atoms. The summed E-state index contributed by atoms with van der Waals surface area (Å²) in [6, 6.07) is 18.4. The third-order valence-corrected chi connectivity index (χ3v) is 6.24. The molecule has 0 saturated carbocycles. The molecule has 6 heteroatoms. The summed E-state index contributed by atoms with van der Waals surface area (Å²) in [6.07, 6.45) is 2.08. The first-order chi connectivity index (χ1) is 15.9. The van der Waals surface area contributed by atoms with Gasteiger partial charge in [0, 0.05) is 45.1 Å². The Morgan fingerprint density at radius 2 is 1.88 bits per heavy atom. The van der Waals surface area contributed by atoms with Crippen molar-refractivity contribution in [2.75, 3.05) is 39.2 Å². The molecule has 2 heterocycles. The van der Waals surface area contributed by atoms with E-state index in [0.29, 0.717) is 25.3 Å². The quantitative estimate of drug-likeness (QED) is 0.538. The van der Waals surface area contributed by atoms with Crippen molar-refractivity contribution >= 4 is 11.9 Å². The highest BCUT2D eigenvalue weighted by Crippen LogP contribution is 2.30. The summed E-state index contributed by atoms with van der Waals surface area (Å²) in [5.74, 6) is 1.93. The Kier molecular flexibility index (Phi) is 6.92. The predicted octanol–water partition coefficient (Wildman–Crippen LogP) is 4.48. The number of rotatable bonds is 7. The Balaban J connectivity index is 1.47.